The van der Waals surface area contributed by atoms with Crippen molar-refractivity contribution < 1.29 is 9.53 Å². The number of nitrogens with zero attached hydrogens (tertiary/aromatic N) is 1. The molecule has 0 heterocycles. The van der Waals surface area contributed by atoms with Crippen LogP contribution in [0.4, 0.5) is 0 Å². The van der Waals surface area contributed by atoms with E-state index in [1.807, 2.05) is 18.7 Å². The predicted octanol–water partition coefficient (Wildman–Crippen LogP) is -0.254. The molecule has 0 aromatic carbocycles. The van der Waals surface area contributed by atoms with E-state index in [1.165, 1.54) is 0 Å². The Hall–Kier alpha value is -0.720. The maximum atomic E-state index is 11.6. The molecule has 16 heavy (non-hydrogen) atoms. The van der Waals surface area contributed by atoms with Crippen molar-refractivity contribution >= 4 is 23.1 Å². The number of carbonyl (C=O) groups excluding carboxylic acids is 1. The van der Waals surface area contributed by atoms with Crippen LogP contribution in [0.2, 0.25) is 0 Å². The summed E-state index contributed by atoms with van der Waals surface area (Å²) in [6.45, 7) is 5.88. The van der Waals surface area contributed by atoms with Crippen molar-refractivity contribution in [3.8, 4) is 0 Å². The van der Waals surface area contributed by atoms with Crippen molar-refractivity contribution in [2.45, 2.75) is 19.9 Å². The molecule has 0 fully saturated rings. The Labute approximate surface area is 102 Å². The summed E-state index contributed by atoms with van der Waals surface area (Å²) in [5, 5.41) is 2.83. The second kappa shape index (κ2) is 8.43. The first-order valence-corrected chi connectivity index (χ1v) is 5.69. The van der Waals surface area contributed by atoms with Crippen molar-refractivity contribution in [3.63, 3.8) is 0 Å². The maximum Gasteiger partial charge on any atom is 0.234 e. The molecule has 0 rings (SSSR count). The second-order valence-corrected chi connectivity index (χ2v) is 4.22. The van der Waals surface area contributed by atoms with Gasteiger partial charge in [0.15, 0.2) is 0 Å². The van der Waals surface area contributed by atoms with Gasteiger partial charge >= 0.3 is 0 Å². The van der Waals surface area contributed by atoms with Crippen LogP contribution in [0.25, 0.3) is 0 Å². The number of amides is 1. The van der Waals surface area contributed by atoms with Gasteiger partial charge in [-0.1, -0.05) is 19.1 Å². The number of hydrogen-bond acceptors (Lipinski definition) is 4. The lowest BCUT2D eigenvalue weighted by Gasteiger charge is -2.20. The molecule has 0 aliphatic heterocycles. The van der Waals surface area contributed by atoms with Gasteiger partial charge in [-0.15, -0.1) is 0 Å². The number of rotatable bonds is 8. The first-order valence-electron chi connectivity index (χ1n) is 5.28. The molecule has 0 radical (unpaired) electrons. The predicted molar refractivity (Wildman–Crippen MR) is 68.4 cm³/mol. The average molecular weight is 247 g/mol. The smallest absolute Gasteiger partial charge is 0.234 e. The summed E-state index contributed by atoms with van der Waals surface area (Å²) in [7, 11) is 1.61. The van der Waals surface area contributed by atoms with Gasteiger partial charge in [-0.05, 0) is 13.5 Å². The highest BCUT2D eigenvalue weighted by Gasteiger charge is 2.11. The molecule has 0 spiro atoms. The molecule has 3 N–H and O–H groups in total. The number of thiocarbonyl (C=S) groups is 1. The highest BCUT2D eigenvalue weighted by atomic mass is 32.1. The molecule has 1 unspecified atom stereocenters. The van der Waals surface area contributed by atoms with Gasteiger partial charge in [0.2, 0.25) is 5.91 Å². The molecular weight excluding hydrogens is 226 g/mol. The summed E-state index contributed by atoms with van der Waals surface area (Å²) in [6.07, 6.45) is 0. The Bertz CT molecular complexity index is 236. The van der Waals surface area contributed by atoms with E-state index in [0.717, 1.165) is 6.54 Å². The van der Waals surface area contributed by atoms with Crippen molar-refractivity contribution in [2.24, 2.45) is 5.73 Å². The lowest BCUT2D eigenvalue weighted by molar-refractivity contribution is -0.123. The molecule has 1 amide bonds. The largest absolute Gasteiger partial charge is 0.392 e. The van der Waals surface area contributed by atoms with Crippen LogP contribution >= 0.6 is 12.2 Å². The zero-order valence-corrected chi connectivity index (χ0v) is 11.0. The SMILES string of the molecule is CCN(CC(=O)NC(C)COC)CC(N)=S. The summed E-state index contributed by atoms with van der Waals surface area (Å²) in [5.41, 5.74) is 5.43. The van der Waals surface area contributed by atoms with E-state index >= 15 is 0 Å². The van der Waals surface area contributed by atoms with Gasteiger partial charge in [0.25, 0.3) is 0 Å². The van der Waals surface area contributed by atoms with Crippen LogP contribution < -0.4 is 11.1 Å². The highest BCUT2D eigenvalue weighted by Crippen LogP contribution is 1.89. The fourth-order valence-corrected chi connectivity index (χ4v) is 1.50. The summed E-state index contributed by atoms with van der Waals surface area (Å²) in [5.74, 6) is -0.0392. The van der Waals surface area contributed by atoms with Gasteiger partial charge in [-0.25, -0.2) is 0 Å². The van der Waals surface area contributed by atoms with E-state index in [4.69, 9.17) is 22.7 Å². The first kappa shape index (κ1) is 15.3. The quantitative estimate of drug-likeness (QED) is 0.579. The van der Waals surface area contributed by atoms with Crippen LogP contribution in [-0.4, -0.2) is 55.2 Å². The number of ether oxygens (including phenoxy) is 1. The Kier molecular flexibility index (Phi) is 8.05. The minimum Gasteiger partial charge on any atom is -0.392 e. The van der Waals surface area contributed by atoms with E-state index in [9.17, 15) is 4.79 Å². The number of hydrogen-bond donors (Lipinski definition) is 2. The van der Waals surface area contributed by atoms with Crippen molar-refractivity contribution in [2.75, 3.05) is 33.4 Å². The molecule has 0 aromatic rings. The van der Waals surface area contributed by atoms with E-state index in [2.05, 4.69) is 5.32 Å². The first-order chi connectivity index (χ1) is 7.49. The van der Waals surface area contributed by atoms with Gasteiger partial charge in [0.05, 0.1) is 18.1 Å². The second-order valence-electron chi connectivity index (χ2n) is 3.69. The van der Waals surface area contributed by atoms with Gasteiger partial charge in [-0.2, -0.15) is 0 Å². The Morgan fingerprint density at radius 2 is 2.19 bits per heavy atom. The summed E-state index contributed by atoms with van der Waals surface area (Å²) in [6, 6.07) is 0.0148. The summed E-state index contributed by atoms with van der Waals surface area (Å²) >= 11 is 4.80. The third-order valence-corrected chi connectivity index (χ3v) is 2.15. The lowest BCUT2D eigenvalue weighted by atomic mass is 10.3. The standard InChI is InChI=1S/C10H21N3O2S/c1-4-13(5-9(11)16)6-10(14)12-8(2)7-15-3/h8H,4-7H2,1-3H3,(H2,11,16)(H,12,14). The summed E-state index contributed by atoms with van der Waals surface area (Å²) in [4.78, 5) is 13.9. The Morgan fingerprint density at radius 1 is 1.56 bits per heavy atom. The number of likely N-dealkylation sites (N-methyl/N-ethyl adjacent to an activating group) is 1. The van der Waals surface area contributed by atoms with Crippen LogP contribution in [0.3, 0.4) is 0 Å². The molecule has 5 nitrogen and oxygen atoms in total. The van der Waals surface area contributed by atoms with Gasteiger partial charge in [0, 0.05) is 19.7 Å². The normalized spacial score (nSPS) is 12.5. The van der Waals surface area contributed by atoms with E-state index in [0.29, 0.717) is 24.7 Å². The number of nitrogens with two attached hydrogens (primary N) is 1. The minimum atomic E-state index is -0.0392. The molecule has 0 saturated heterocycles. The number of nitrogens with one attached hydrogen (secondary N) is 1. The highest BCUT2D eigenvalue weighted by molar-refractivity contribution is 7.80. The van der Waals surface area contributed by atoms with Crippen molar-refractivity contribution in [3.05, 3.63) is 0 Å². The van der Waals surface area contributed by atoms with Crippen LogP contribution in [0.1, 0.15) is 13.8 Å². The third-order valence-electron chi connectivity index (χ3n) is 2.02. The van der Waals surface area contributed by atoms with Crippen LogP contribution in [-0.2, 0) is 9.53 Å². The van der Waals surface area contributed by atoms with Crippen LogP contribution in [0, 0.1) is 0 Å². The minimum absolute atomic E-state index is 0.0148. The Morgan fingerprint density at radius 3 is 2.62 bits per heavy atom. The van der Waals surface area contributed by atoms with Crippen molar-refractivity contribution in [1.29, 1.82) is 0 Å². The van der Waals surface area contributed by atoms with Crippen molar-refractivity contribution in [1.82, 2.24) is 10.2 Å². The summed E-state index contributed by atoms with van der Waals surface area (Å²) < 4.78 is 4.93. The van der Waals surface area contributed by atoms with Gasteiger partial charge in [0.1, 0.15) is 0 Å². The van der Waals surface area contributed by atoms with E-state index < -0.39 is 0 Å². The zero-order valence-electron chi connectivity index (χ0n) is 10.2. The molecule has 0 bridgehead atoms. The average Bonchev–Trinajstić information content (AvgIpc) is 2.15. The lowest BCUT2D eigenvalue weighted by Crippen LogP contribution is -2.44. The molecule has 94 valence electrons. The zero-order chi connectivity index (χ0) is 12.6. The Balaban J connectivity index is 3.95. The number of carbonyl (C=O) groups is 1. The van der Waals surface area contributed by atoms with Crippen LogP contribution in [0.15, 0.2) is 0 Å². The number of methoxy groups -OCH3 is 1. The van der Waals surface area contributed by atoms with E-state index in [1.54, 1.807) is 7.11 Å². The molecular formula is C10H21N3O2S. The monoisotopic (exact) mass is 247 g/mol. The van der Waals surface area contributed by atoms with Crippen LogP contribution in [0.5, 0.6) is 0 Å². The van der Waals surface area contributed by atoms with E-state index in [-0.39, 0.29) is 11.9 Å². The molecule has 0 aliphatic carbocycles. The molecule has 1 atom stereocenters. The molecule has 0 saturated carbocycles. The fraction of sp³-hybridized carbons (Fsp3) is 0.800. The molecule has 0 aromatic heterocycles. The topological polar surface area (TPSA) is 67.6 Å². The molecule has 0 aliphatic rings. The van der Waals surface area contributed by atoms with Gasteiger partial charge in [-0.3, -0.25) is 9.69 Å². The third kappa shape index (κ3) is 7.56. The maximum absolute atomic E-state index is 11.6. The molecule has 6 heteroatoms. The fourth-order valence-electron chi connectivity index (χ4n) is 1.32. The van der Waals surface area contributed by atoms with Gasteiger partial charge < -0.3 is 15.8 Å².